The smallest absolute Gasteiger partial charge is 0.337 e. The molecule has 2 heterocycles. The Balaban J connectivity index is 1.66. The molecule has 1 aromatic heterocycles. The van der Waals surface area contributed by atoms with Crippen molar-refractivity contribution in [2.75, 3.05) is 12.0 Å². The molecular formula is C27H21N3O5. The average Bonchev–Trinajstić information content (AvgIpc) is 3.43. The number of hydrogen-bond donors (Lipinski definition) is 2. The number of carbonyl (C=O) groups excluding carboxylic acids is 2. The van der Waals surface area contributed by atoms with E-state index in [0.29, 0.717) is 28.2 Å². The molecule has 0 radical (unpaired) electrons. The van der Waals surface area contributed by atoms with Crippen LogP contribution < -0.4 is 4.90 Å². The number of amides is 1. The maximum absolute atomic E-state index is 13.6. The zero-order valence-electron chi connectivity index (χ0n) is 19.0. The zero-order chi connectivity index (χ0) is 24.7. The fourth-order valence-electron chi connectivity index (χ4n) is 4.34. The number of H-pyrrole nitrogens is 1. The molecule has 0 bridgehead atoms. The fraction of sp³-hybridized carbons (Fsp3) is 0.111. The van der Waals surface area contributed by atoms with Crippen LogP contribution in [0.3, 0.4) is 0 Å². The maximum atomic E-state index is 13.6. The van der Waals surface area contributed by atoms with Crippen LogP contribution >= 0.6 is 0 Å². The van der Waals surface area contributed by atoms with Crippen molar-refractivity contribution in [2.45, 2.75) is 13.0 Å². The standard InChI is InChI=1S/C27H21N3O5/c1-15-3-5-16(6-4-15)22-21-23(29-28-22)25(31)30(20-13-11-18(12-14-20)26(32)33)24(21)17-7-9-19(10-8-17)27(34)35-2/h3-14,24H,1-2H3,(H,28,29)(H,32,33). The highest BCUT2D eigenvalue weighted by atomic mass is 16.5. The highest BCUT2D eigenvalue weighted by molar-refractivity contribution is 6.12. The summed E-state index contributed by atoms with van der Waals surface area (Å²) in [5, 5.41) is 16.6. The first-order valence-corrected chi connectivity index (χ1v) is 10.9. The molecule has 1 unspecified atom stereocenters. The Labute approximate surface area is 200 Å². The number of anilines is 1. The Morgan fingerprint density at radius 1 is 0.943 bits per heavy atom. The van der Waals surface area contributed by atoms with Gasteiger partial charge in [-0.2, -0.15) is 5.10 Å². The van der Waals surface area contributed by atoms with Gasteiger partial charge in [0.2, 0.25) is 0 Å². The minimum atomic E-state index is -1.05. The number of carbonyl (C=O) groups is 3. The Morgan fingerprint density at radius 2 is 1.57 bits per heavy atom. The highest BCUT2D eigenvalue weighted by Crippen LogP contribution is 2.45. The van der Waals surface area contributed by atoms with E-state index in [1.165, 1.54) is 19.2 Å². The van der Waals surface area contributed by atoms with Gasteiger partial charge in [0.15, 0.2) is 0 Å². The minimum Gasteiger partial charge on any atom is -0.478 e. The third-order valence-electron chi connectivity index (χ3n) is 6.13. The van der Waals surface area contributed by atoms with Gasteiger partial charge in [-0.3, -0.25) is 14.8 Å². The number of aromatic amines is 1. The molecule has 1 atom stereocenters. The van der Waals surface area contributed by atoms with Gasteiger partial charge in [-0.05, 0) is 48.9 Å². The summed E-state index contributed by atoms with van der Waals surface area (Å²) < 4.78 is 4.80. The first-order valence-electron chi connectivity index (χ1n) is 10.9. The summed E-state index contributed by atoms with van der Waals surface area (Å²) in [6, 6.07) is 20.4. The van der Waals surface area contributed by atoms with Crippen LogP contribution in [-0.4, -0.2) is 40.3 Å². The van der Waals surface area contributed by atoms with Crippen LogP contribution in [0.1, 0.15) is 53.9 Å². The second kappa shape index (κ2) is 8.57. The third-order valence-corrected chi connectivity index (χ3v) is 6.13. The number of aromatic nitrogens is 2. The molecule has 174 valence electrons. The van der Waals surface area contributed by atoms with Gasteiger partial charge in [0.25, 0.3) is 5.91 Å². The number of aromatic carboxylic acids is 1. The molecule has 2 N–H and O–H groups in total. The predicted octanol–water partition coefficient (Wildman–Crippen LogP) is 4.62. The van der Waals surface area contributed by atoms with E-state index in [4.69, 9.17) is 4.74 Å². The summed E-state index contributed by atoms with van der Waals surface area (Å²) >= 11 is 0. The van der Waals surface area contributed by atoms with Crippen LogP contribution in [0.15, 0.2) is 72.8 Å². The third kappa shape index (κ3) is 3.74. The lowest BCUT2D eigenvalue weighted by molar-refractivity contribution is 0.0599. The lowest BCUT2D eigenvalue weighted by Crippen LogP contribution is -2.29. The van der Waals surface area contributed by atoms with Gasteiger partial charge in [-0.15, -0.1) is 0 Å². The molecule has 8 heteroatoms. The van der Waals surface area contributed by atoms with Crippen molar-refractivity contribution in [1.29, 1.82) is 0 Å². The Bertz CT molecular complexity index is 1440. The SMILES string of the molecule is COC(=O)c1ccc(C2c3c(-c4ccc(C)cc4)n[nH]c3C(=O)N2c2ccc(C(=O)O)cc2)cc1. The van der Waals surface area contributed by atoms with Gasteiger partial charge in [0, 0.05) is 16.8 Å². The quantitative estimate of drug-likeness (QED) is 0.414. The molecule has 1 aliphatic heterocycles. The van der Waals surface area contributed by atoms with Crippen molar-refractivity contribution < 1.29 is 24.2 Å². The summed E-state index contributed by atoms with van der Waals surface area (Å²) in [5.74, 6) is -1.78. The molecule has 0 saturated carbocycles. The summed E-state index contributed by atoms with van der Waals surface area (Å²) in [4.78, 5) is 38.5. The molecule has 0 aliphatic carbocycles. The molecule has 1 aliphatic rings. The number of hydrogen-bond acceptors (Lipinski definition) is 5. The van der Waals surface area contributed by atoms with Crippen LogP contribution in [0, 0.1) is 6.92 Å². The summed E-state index contributed by atoms with van der Waals surface area (Å²) in [7, 11) is 1.32. The number of carboxylic acid groups (broad SMARTS) is 1. The second-order valence-electron chi connectivity index (χ2n) is 8.27. The first-order chi connectivity index (χ1) is 16.9. The van der Waals surface area contributed by atoms with Gasteiger partial charge in [0.05, 0.1) is 30.0 Å². The highest BCUT2D eigenvalue weighted by Gasteiger charge is 2.43. The van der Waals surface area contributed by atoms with E-state index >= 15 is 0 Å². The number of fused-ring (bicyclic) bond motifs is 1. The predicted molar refractivity (Wildman–Crippen MR) is 129 cm³/mol. The minimum absolute atomic E-state index is 0.125. The van der Waals surface area contributed by atoms with Crippen molar-refractivity contribution in [2.24, 2.45) is 0 Å². The van der Waals surface area contributed by atoms with Crippen LogP contribution in [-0.2, 0) is 4.74 Å². The van der Waals surface area contributed by atoms with Gasteiger partial charge >= 0.3 is 11.9 Å². The largest absolute Gasteiger partial charge is 0.478 e. The van der Waals surface area contributed by atoms with Crippen molar-refractivity contribution in [1.82, 2.24) is 10.2 Å². The number of carboxylic acids is 1. The van der Waals surface area contributed by atoms with Gasteiger partial charge in [-0.1, -0.05) is 42.0 Å². The number of nitrogens with zero attached hydrogens (tertiary/aromatic N) is 2. The molecule has 8 nitrogen and oxygen atoms in total. The number of nitrogens with one attached hydrogen (secondary N) is 1. The molecule has 4 aromatic rings. The van der Waals surface area contributed by atoms with E-state index in [9.17, 15) is 19.5 Å². The van der Waals surface area contributed by atoms with Crippen molar-refractivity contribution in [3.05, 3.63) is 106 Å². The lowest BCUT2D eigenvalue weighted by Gasteiger charge is -2.26. The molecular weight excluding hydrogens is 446 g/mol. The van der Waals surface area contributed by atoms with Gasteiger partial charge in [0.1, 0.15) is 5.69 Å². The summed E-state index contributed by atoms with van der Waals surface area (Å²) in [6.07, 6.45) is 0. The van der Waals surface area contributed by atoms with Crippen LogP contribution in [0.4, 0.5) is 5.69 Å². The van der Waals surface area contributed by atoms with Crippen LogP contribution in [0.2, 0.25) is 0 Å². The number of ether oxygens (including phenoxy) is 1. The van der Waals surface area contributed by atoms with Gasteiger partial charge in [-0.25, -0.2) is 9.59 Å². The van der Waals surface area contributed by atoms with E-state index in [2.05, 4.69) is 10.2 Å². The van der Waals surface area contributed by atoms with E-state index < -0.39 is 18.0 Å². The monoisotopic (exact) mass is 467 g/mol. The molecule has 5 rings (SSSR count). The van der Waals surface area contributed by atoms with E-state index in [-0.39, 0.29) is 11.5 Å². The molecule has 1 amide bonds. The molecule has 0 fully saturated rings. The molecule has 35 heavy (non-hydrogen) atoms. The van der Waals surface area contributed by atoms with Crippen molar-refractivity contribution in [3.8, 4) is 11.3 Å². The van der Waals surface area contributed by atoms with Gasteiger partial charge < -0.3 is 9.84 Å². The lowest BCUT2D eigenvalue weighted by atomic mass is 9.95. The van der Waals surface area contributed by atoms with Crippen LogP contribution in [0.25, 0.3) is 11.3 Å². The topological polar surface area (TPSA) is 113 Å². The number of aryl methyl sites for hydroxylation is 1. The number of benzene rings is 3. The summed E-state index contributed by atoms with van der Waals surface area (Å²) in [6.45, 7) is 2.00. The van der Waals surface area contributed by atoms with Crippen molar-refractivity contribution >= 4 is 23.5 Å². The molecule has 3 aromatic carbocycles. The van der Waals surface area contributed by atoms with Crippen LogP contribution in [0.5, 0.6) is 0 Å². The summed E-state index contributed by atoms with van der Waals surface area (Å²) in [5.41, 5.74) is 5.52. The molecule has 0 saturated heterocycles. The van der Waals surface area contributed by atoms with E-state index in [1.807, 2.05) is 31.2 Å². The second-order valence-corrected chi connectivity index (χ2v) is 8.27. The first kappa shape index (κ1) is 22.1. The Kier molecular flexibility index (Phi) is 5.41. The van der Waals surface area contributed by atoms with E-state index in [1.54, 1.807) is 41.3 Å². The Hall–Kier alpha value is -4.72. The van der Waals surface area contributed by atoms with Crippen molar-refractivity contribution in [3.63, 3.8) is 0 Å². The fourth-order valence-corrected chi connectivity index (χ4v) is 4.34. The number of methoxy groups -OCH3 is 1. The maximum Gasteiger partial charge on any atom is 0.337 e. The zero-order valence-corrected chi connectivity index (χ0v) is 19.0. The average molecular weight is 467 g/mol. The Morgan fingerprint density at radius 3 is 2.17 bits per heavy atom. The normalized spacial score (nSPS) is 14.6. The number of rotatable bonds is 5. The molecule has 0 spiro atoms. The number of esters is 1. The van der Waals surface area contributed by atoms with E-state index in [0.717, 1.165) is 16.7 Å².